The highest BCUT2D eigenvalue weighted by Crippen LogP contribution is 2.35. The Hall–Kier alpha value is -3.10. The molecule has 1 spiro atoms. The number of fused-ring (bicyclic) bond motifs is 1. The Morgan fingerprint density at radius 2 is 1.89 bits per heavy atom. The molecule has 1 aliphatic carbocycles. The number of ketones is 1. The van der Waals surface area contributed by atoms with Gasteiger partial charge in [-0.25, -0.2) is 4.79 Å². The molecule has 1 aromatic rings. The van der Waals surface area contributed by atoms with Crippen LogP contribution in [-0.4, -0.2) is 54.1 Å². The number of esters is 1. The summed E-state index contributed by atoms with van der Waals surface area (Å²) >= 11 is 0. The summed E-state index contributed by atoms with van der Waals surface area (Å²) in [6.07, 6.45) is 2.88. The summed E-state index contributed by atoms with van der Waals surface area (Å²) in [6, 6.07) is 4.25. The number of hydrogen-bond donors (Lipinski definition) is 1. The highest BCUT2D eigenvalue weighted by Gasteiger charge is 2.52. The number of nitrogens with one attached hydrogen (secondary N) is 1. The topological polar surface area (TPSA) is 111 Å². The lowest BCUT2D eigenvalue weighted by atomic mass is 9.98. The van der Waals surface area contributed by atoms with E-state index in [1.165, 1.54) is 6.07 Å². The molecule has 4 rings (SSSR count). The van der Waals surface area contributed by atoms with Crippen LogP contribution in [0.4, 0.5) is 4.79 Å². The predicted octanol–water partition coefficient (Wildman–Crippen LogP) is 1.40. The molecule has 1 N–H and O–H groups in total. The zero-order valence-electron chi connectivity index (χ0n) is 15.2. The highest BCUT2D eigenvalue weighted by molar-refractivity contribution is 6.07. The largest absolute Gasteiger partial charge is 0.457 e. The Kier molecular flexibility index (Phi) is 4.66. The molecule has 3 aliphatic rings. The number of carbonyl (C=O) groups excluding carboxylic acids is 4. The van der Waals surface area contributed by atoms with E-state index in [2.05, 4.69) is 5.32 Å². The fraction of sp³-hybridized carbons (Fsp3) is 0.474. The van der Waals surface area contributed by atoms with Crippen molar-refractivity contribution in [1.82, 2.24) is 10.2 Å². The zero-order valence-corrected chi connectivity index (χ0v) is 15.2. The minimum atomic E-state index is -0.795. The molecule has 2 heterocycles. The third-order valence-corrected chi connectivity index (χ3v) is 5.30. The number of ether oxygens (including phenoxy) is 3. The Morgan fingerprint density at radius 1 is 1.14 bits per heavy atom. The van der Waals surface area contributed by atoms with Gasteiger partial charge in [0, 0.05) is 12.1 Å². The number of rotatable bonds is 6. The van der Waals surface area contributed by atoms with Gasteiger partial charge in [0.25, 0.3) is 5.91 Å². The van der Waals surface area contributed by atoms with Crippen LogP contribution in [0.2, 0.25) is 0 Å². The summed E-state index contributed by atoms with van der Waals surface area (Å²) in [7, 11) is 0. The monoisotopic (exact) mass is 388 g/mol. The van der Waals surface area contributed by atoms with Crippen molar-refractivity contribution in [2.45, 2.75) is 37.6 Å². The van der Waals surface area contributed by atoms with E-state index in [1.54, 1.807) is 12.1 Å². The van der Waals surface area contributed by atoms with Gasteiger partial charge >= 0.3 is 12.0 Å². The number of imide groups is 1. The number of benzene rings is 1. The number of carbonyl (C=O) groups is 4. The Morgan fingerprint density at radius 3 is 2.68 bits per heavy atom. The van der Waals surface area contributed by atoms with E-state index in [-0.39, 0.29) is 31.4 Å². The van der Waals surface area contributed by atoms with Gasteiger partial charge in [0.1, 0.15) is 5.54 Å². The van der Waals surface area contributed by atoms with Crippen LogP contribution in [0.25, 0.3) is 0 Å². The first-order valence-corrected chi connectivity index (χ1v) is 9.21. The van der Waals surface area contributed by atoms with Crippen LogP contribution in [0.3, 0.4) is 0 Å². The lowest BCUT2D eigenvalue weighted by Gasteiger charge is -2.19. The fourth-order valence-corrected chi connectivity index (χ4v) is 3.77. The van der Waals surface area contributed by atoms with Crippen LogP contribution in [0.5, 0.6) is 11.5 Å². The van der Waals surface area contributed by atoms with Crippen molar-refractivity contribution in [3.63, 3.8) is 0 Å². The molecule has 2 fully saturated rings. The minimum Gasteiger partial charge on any atom is -0.457 e. The van der Waals surface area contributed by atoms with Gasteiger partial charge in [0.15, 0.2) is 23.9 Å². The number of nitrogens with zero attached hydrogens (tertiary/aromatic N) is 1. The van der Waals surface area contributed by atoms with Crippen molar-refractivity contribution in [1.29, 1.82) is 0 Å². The highest BCUT2D eigenvalue weighted by atomic mass is 16.7. The first-order chi connectivity index (χ1) is 13.5. The molecule has 148 valence electrons. The van der Waals surface area contributed by atoms with Gasteiger partial charge in [-0.05, 0) is 31.0 Å². The zero-order chi connectivity index (χ0) is 19.7. The molecule has 0 radical (unpaired) electrons. The van der Waals surface area contributed by atoms with E-state index in [4.69, 9.17) is 14.2 Å². The van der Waals surface area contributed by atoms with Crippen molar-refractivity contribution in [3.05, 3.63) is 23.8 Å². The Bertz CT molecular complexity index is 845. The van der Waals surface area contributed by atoms with E-state index in [1.807, 2.05) is 0 Å². The minimum absolute atomic E-state index is 0.0660. The molecule has 0 aromatic heterocycles. The maximum absolute atomic E-state index is 12.5. The summed E-state index contributed by atoms with van der Waals surface area (Å²) in [6.45, 7) is -0.391. The van der Waals surface area contributed by atoms with Crippen LogP contribution in [0.1, 0.15) is 42.5 Å². The van der Waals surface area contributed by atoms with Crippen molar-refractivity contribution in [3.8, 4) is 11.5 Å². The molecular formula is C19H20N2O7. The SMILES string of the molecule is O=C(CCN1C(=O)NC2(CCCC2)C1=O)OCC(=O)c1ccc2c(c1)OCO2. The van der Waals surface area contributed by atoms with Gasteiger partial charge in [-0.3, -0.25) is 19.3 Å². The van der Waals surface area contributed by atoms with Crippen molar-refractivity contribution >= 4 is 23.7 Å². The van der Waals surface area contributed by atoms with Gasteiger partial charge in [0.2, 0.25) is 6.79 Å². The standard InChI is InChI=1S/C19H20N2O7/c22-13(12-3-4-14-15(9-12)28-11-27-14)10-26-16(23)5-8-21-17(24)19(20-18(21)25)6-1-2-7-19/h3-4,9H,1-2,5-8,10-11H2,(H,20,25). The van der Waals surface area contributed by atoms with Gasteiger partial charge in [-0.1, -0.05) is 12.8 Å². The van der Waals surface area contributed by atoms with E-state index in [0.717, 1.165) is 17.7 Å². The van der Waals surface area contributed by atoms with Gasteiger partial charge in [-0.2, -0.15) is 0 Å². The van der Waals surface area contributed by atoms with E-state index in [0.29, 0.717) is 29.9 Å². The molecule has 28 heavy (non-hydrogen) atoms. The average molecular weight is 388 g/mol. The lowest BCUT2D eigenvalue weighted by Crippen LogP contribution is -2.44. The van der Waals surface area contributed by atoms with Crippen LogP contribution in [0, 0.1) is 0 Å². The summed E-state index contributed by atoms with van der Waals surface area (Å²) in [5.41, 5.74) is -0.453. The van der Waals surface area contributed by atoms with Crippen molar-refractivity contribution in [2.75, 3.05) is 19.9 Å². The number of urea groups is 1. The first-order valence-electron chi connectivity index (χ1n) is 9.21. The fourth-order valence-electron chi connectivity index (χ4n) is 3.77. The molecule has 1 saturated carbocycles. The molecule has 9 nitrogen and oxygen atoms in total. The molecule has 9 heteroatoms. The summed E-state index contributed by atoms with van der Waals surface area (Å²) in [5, 5.41) is 2.75. The predicted molar refractivity (Wildman–Crippen MR) is 93.9 cm³/mol. The third-order valence-electron chi connectivity index (χ3n) is 5.30. The van der Waals surface area contributed by atoms with Crippen LogP contribution >= 0.6 is 0 Å². The molecule has 1 aromatic carbocycles. The first kappa shape index (κ1) is 18.3. The van der Waals surface area contributed by atoms with Crippen molar-refractivity contribution in [2.24, 2.45) is 0 Å². The van der Waals surface area contributed by atoms with E-state index < -0.39 is 24.1 Å². The molecule has 0 atom stereocenters. The Labute approximate surface area is 160 Å². The number of Topliss-reactive ketones (excluding diaryl/α,β-unsaturated/α-hetero) is 1. The van der Waals surface area contributed by atoms with Gasteiger partial charge in [0.05, 0.1) is 6.42 Å². The summed E-state index contributed by atoms with van der Waals surface area (Å²) in [5.74, 6) is -0.286. The quantitative estimate of drug-likeness (QED) is 0.445. The van der Waals surface area contributed by atoms with Crippen LogP contribution in [-0.2, 0) is 14.3 Å². The second-order valence-corrected chi connectivity index (χ2v) is 7.08. The molecule has 2 aliphatic heterocycles. The average Bonchev–Trinajstić information content (AvgIpc) is 3.39. The molecule has 1 saturated heterocycles. The third kappa shape index (κ3) is 3.28. The van der Waals surface area contributed by atoms with E-state index in [9.17, 15) is 19.2 Å². The smallest absolute Gasteiger partial charge is 0.325 e. The van der Waals surface area contributed by atoms with Crippen molar-refractivity contribution < 1.29 is 33.4 Å². The maximum atomic E-state index is 12.5. The molecule has 0 bridgehead atoms. The van der Waals surface area contributed by atoms with Crippen LogP contribution < -0.4 is 14.8 Å². The second kappa shape index (κ2) is 7.14. The van der Waals surface area contributed by atoms with Gasteiger partial charge < -0.3 is 19.5 Å². The second-order valence-electron chi connectivity index (χ2n) is 7.08. The summed E-state index contributed by atoms with van der Waals surface area (Å²) < 4.78 is 15.4. The number of amides is 3. The van der Waals surface area contributed by atoms with Crippen LogP contribution in [0.15, 0.2) is 18.2 Å². The van der Waals surface area contributed by atoms with Gasteiger partial charge in [-0.15, -0.1) is 0 Å². The molecular weight excluding hydrogens is 368 g/mol. The molecule has 3 amide bonds. The normalized spacial score (nSPS) is 19.2. The Balaban J connectivity index is 1.26. The molecule has 0 unspecified atom stereocenters. The number of hydrogen-bond acceptors (Lipinski definition) is 7. The summed E-state index contributed by atoms with van der Waals surface area (Å²) in [4.78, 5) is 49.8. The maximum Gasteiger partial charge on any atom is 0.325 e. The van der Waals surface area contributed by atoms with E-state index >= 15 is 0 Å². The lowest BCUT2D eigenvalue weighted by molar-refractivity contribution is -0.143.